The number of hydrogen-bond acceptors (Lipinski definition) is 2. The quantitative estimate of drug-likeness (QED) is 0.779. The van der Waals surface area contributed by atoms with Crippen LogP contribution in [0.15, 0.2) is 24.3 Å². The monoisotopic (exact) mass is 259 g/mol. The summed E-state index contributed by atoms with van der Waals surface area (Å²) in [7, 11) is 0. The van der Waals surface area contributed by atoms with Gasteiger partial charge >= 0.3 is 0 Å². The number of rotatable bonds is 4. The Kier molecular flexibility index (Phi) is 4.35. The molecule has 0 aliphatic carbocycles. The molecular formula is C16H21NO2. The van der Waals surface area contributed by atoms with Gasteiger partial charge in [-0.1, -0.05) is 38.1 Å². The summed E-state index contributed by atoms with van der Waals surface area (Å²) in [5.74, 6) is 0.608. The zero-order chi connectivity index (χ0) is 13.8. The van der Waals surface area contributed by atoms with E-state index in [0.717, 1.165) is 12.8 Å². The molecule has 1 fully saturated rings. The van der Waals surface area contributed by atoms with Crippen molar-refractivity contribution in [1.29, 1.82) is 0 Å². The molecule has 19 heavy (non-hydrogen) atoms. The fourth-order valence-electron chi connectivity index (χ4n) is 2.35. The fraction of sp³-hybridized carbons (Fsp3) is 0.500. The molecule has 3 heteroatoms. The van der Waals surface area contributed by atoms with Gasteiger partial charge in [-0.2, -0.15) is 0 Å². The molecule has 1 saturated heterocycles. The predicted octanol–water partition coefficient (Wildman–Crippen LogP) is 3.01. The molecule has 1 aliphatic rings. The van der Waals surface area contributed by atoms with Crippen LogP contribution < -0.4 is 0 Å². The van der Waals surface area contributed by atoms with E-state index in [2.05, 4.69) is 13.8 Å². The Balaban J connectivity index is 2.01. The number of ketones is 1. The summed E-state index contributed by atoms with van der Waals surface area (Å²) in [5, 5.41) is 0. The summed E-state index contributed by atoms with van der Waals surface area (Å²) >= 11 is 0. The minimum absolute atomic E-state index is 0.0329. The minimum Gasteiger partial charge on any atom is -0.335 e. The van der Waals surface area contributed by atoms with Crippen LogP contribution in [0.5, 0.6) is 0 Å². The normalized spacial score (nSPS) is 15.9. The van der Waals surface area contributed by atoms with E-state index in [1.54, 1.807) is 4.90 Å². The average molecular weight is 259 g/mol. The van der Waals surface area contributed by atoms with Gasteiger partial charge in [0.1, 0.15) is 0 Å². The van der Waals surface area contributed by atoms with E-state index in [1.807, 2.05) is 24.3 Å². The van der Waals surface area contributed by atoms with E-state index in [4.69, 9.17) is 0 Å². The number of carbonyl (C=O) groups excluding carboxylic acids is 2. The van der Waals surface area contributed by atoms with Gasteiger partial charge in [0.15, 0.2) is 5.78 Å². The maximum absolute atomic E-state index is 12.1. The van der Waals surface area contributed by atoms with Crippen molar-refractivity contribution in [2.45, 2.75) is 39.0 Å². The van der Waals surface area contributed by atoms with Crippen LogP contribution in [0, 0.1) is 0 Å². The van der Waals surface area contributed by atoms with Crippen LogP contribution in [-0.2, 0) is 4.79 Å². The number of carbonyl (C=O) groups is 2. The molecule has 1 amide bonds. The third-order valence-corrected chi connectivity index (χ3v) is 3.66. The van der Waals surface area contributed by atoms with E-state index < -0.39 is 0 Å². The molecule has 0 unspecified atom stereocenters. The number of nitrogens with zero attached hydrogens (tertiary/aromatic N) is 1. The van der Waals surface area contributed by atoms with Crippen LogP contribution in [0.4, 0.5) is 0 Å². The van der Waals surface area contributed by atoms with Crippen molar-refractivity contribution in [3.05, 3.63) is 35.4 Å². The van der Waals surface area contributed by atoms with Crippen molar-refractivity contribution in [1.82, 2.24) is 4.90 Å². The van der Waals surface area contributed by atoms with Gasteiger partial charge in [0.2, 0.25) is 5.91 Å². The first-order valence-electron chi connectivity index (χ1n) is 6.99. The van der Waals surface area contributed by atoms with Crippen LogP contribution in [0.3, 0.4) is 0 Å². The molecule has 1 aromatic rings. The maximum atomic E-state index is 12.1. The molecule has 0 spiro atoms. The predicted molar refractivity (Wildman–Crippen MR) is 75.3 cm³/mol. The summed E-state index contributed by atoms with van der Waals surface area (Å²) in [6.45, 7) is 5.20. The van der Waals surface area contributed by atoms with Crippen LogP contribution >= 0.6 is 0 Å². The molecule has 0 aromatic heterocycles. The van der Waals surface area contributed by atoms with Gasteiger partial charge in [-0.15, -0.1) is 0 Å². The molecule has 1 aliphatic heterocycles. The Bertz CT molecular complexity index is 462. The molecular weight excluding hydrogens is 238 g/mol. The second-order valence-corrected chi connectivity index (χ2v) is 5.47. The number of likely N-dealkylation sites (tertiary alicyclic amines) is 1. The lowest BCUT2D eigenvalue weighted by atomic mass is 10.00. The largest absolute Gasteiger partial charge is 0.335 e. The van der Waals surface area contributed by atoms with Crippen molar-refractivity contribution in [2.24, 2.45) is 0 Å². The van der Waals surface area contributed by atoms with Crippen molar-refractivity contribution >= 4 is 11.7 Å². The molecule has 0 bridgehead atoms. The van der Waals surface area contributed by atoms with E-state index in [1.165, 1.54) is 5.56 Å². The van der Waals surface area contributed by atoms with Crippen molar-refractivity contribution < 1.29 is 9.59 Å². The molecule has 1 aromatic carbocycles. The second kappa shape index (κ2) is 6.00. The molecule has 0 N–H and O–H groups in total. The lowest BCUT2D eigenvalue weighted by Gasteiger charge is -2.25. The molecule has 3 nitrogen and oxygen atoms in total. The summed E-state index contributed by atoms with van der Waals surface area (Å²) in [6, 6.07) is 7.73. The second-order valence-electron chi connectivity index (χ2n) is 5.47. The van der Waals surface area contributed by atoms with Gasteiger partial charge in [-0.05, 0) is 24.3 Å². The van der Waals surface area contributed by atoms with E-state index in [-0.39, 0.29) is 18.2 Å². The Morgan fingerprint density at radius 1 is 1.21 bits per heavy atom. The van der Waals surface area contributed by atoms with Gasteiger partial charge in [-0.25, -0.2) is 0 Å². The number of benzene rings is 1. The first kappa shape index (κ1) is 13.8. The lowest BCUT2D eigenvalue weighted by molar-refractivity contribution is -0.132. The number of amides is 1. The maximum Gasteiger partial charge on any atom is 0.222 e. The summed E-state index contributed by atoms with van der Waals surface area (Å²) in [4.78, 5) is 25.5. The van der Waals surface area contributed by atoms with Gasteiger partial charge in [-0.3, -0.25) is 9.59 Å². The fourth-order valence-corrected chi connectivity index (χ4v) is 2.35. The Labute approximate surface area is 114 Å². The van der Waals surface area contributed by atoms with Crippen LogP contribution in [0.25, 0.3) is 0 Å². The van der Waals surface area contributed by atoms with E-state index >= 15 is 0 Å². The first-order chi connectivity index (χ1) is 9.08. The van der Waals surface area contributed by atoms with Gasteiger partial charge in [0.05, 0.1) is 6.54 Å². The number of Topliss-reactive ketones (excluding diaryl/α,β-unsaturated/α-hetero) is 1. The summed E-state index contributed by atoms with van der Waals surface area (Å²) in [6.07, 6.45) is 2.54. The highest BCUT2D eigenvalue weighted by atomic mass is 16.2. The zero-order valence-electron chi connectivity index (χ0n) is 11.7. The molecule has 0 radical (unpaired) electrons. The first-order valence-corrected chi connectivity index (χ1v) is 6.99. The van der Waals surface area contributed by atoms with Crippen molar-refractivity contribution in [2.75, 3.05) is 13.1 Å². The standard InChI is InChI=1S/C16H21NO2/c1-12(2)13-6-8-14(9-7-13)15(18)11-17-10-4-3-5-16(17)19/h6-9,12H,3-5,10-11H2,1-2H3. The summed E-state index contributed by atoms with van der Waals surface area (Å²) in [5.41, 5.74) is 1.92. The SMILES string of the molecule is CC(C)c1ccc(C(=O)CN2CCCCC2=O)cc1. The highest BCUT2D eigenvalue weighted by Crippen LogP contribution is 2.16. The van der Waals surface area contributed by atoms with Crippen LogP contribution in [-0.4, -0.2) is 29.7 Å². The Hall–Kier alpha value is -1.64. The molecule has 2 rings (SSSR count). The lowest BCUT2D eigenvalue weighted by Crippen LogP contribution is -2.39. The van der Waals surface area contributed by atoms with Gasteiger partial charge in [0.25, 0.3) is 0 Å². The smallest absolute Gasteiger partial charge is 0.222 e. The van der Waals surface area contributed by atoms with Crippen molar-refractivity contribution in [3.63, 3.8) is 0 Å². The third kappa shape index (κ3) is 3.43. The van der Waals surface area contributed by atoms with Crippen LogP contribution in [0.2, 0.25) is 0 Å². The number of hydrogen-bond donors (Lipinski definition) is 0. The minimum atomic E-state index is 0.0329. The van der Waals surface area contributed by atoms with E-state index in [0.29, 0.717) is 24.4 Å². The Morgan fingerprint density at radius 2 is 1.89 bits per heavy atom. The molecule has 0 saturated carbocycles. The number of piperidine rings is 1. The van der Waals surface area contributed by atoms with Crippen LogP contribution in [0.1, 0.15) is 54.9 Å². The molecule has 1 heterocycles. The van der Waals surface area contributed by atoms with Crippen molar-refractivity contribution in [3.8, 4) is 0 Å². The molecule has 102 valence electrons. The topological polar surface area (TPSA) is 37.4 Å². The molecule has 0 atom stereocenters. The van der Waals surface area contributed by atoms with Gasteiger partial charge < -0.3 is 4.90 Å². The highest BCUT2D eigenvalue weighted by molar-refractivity contribution is 5.99. The van der Waals surface area contributed by atoms with Gasteiger partial charge in [0, 0.05) is 18.5 Å². The highest BCUT2D eigenvalue weighted by Gasteiger charge is 2.20. The zero-order valence-corrected chi connectivity index (χ0v) is 11.7. The van der Waals surface area contributed by atoms with E-state index in [9.17, 15) is 9.59 Å². The summed E-state index contributed by atoms with van der Waals surface area (Å²) < 4.78 is 0. The Morgan fingerprint density at radius 3 is 2.47 bits per heavy atom. The average Bonchev–Trinajstić information content (AvgIpc) is 2.41. The third-order valence-electron chi connectivity index (χ3n) is 3.66.